The van der Waals surface area contributed by atoms with Gasteiger partial charge >= 0.3 is 0 Å². The lowest BCUT2D eigenvalue weighted by Crippen LogP contribution is -2.40. The minimum Gasteiger partial charge on any atom is -0.489 e. The van der Waals surface area contributed by atoms with E-state index < -0.39 is 0 Å². The highest BCUT2D eigenvalue weighted by Crippen LogP contribution is 2.15. The SMILES string of the molecule is CC(C)(C)NC(=O)CCc1ccc(OCc2ccccc2)cc1. The van der Waals surface area contributed by atoms with Crippen LogP contribution in [0.4, 0.5) is 0 Å². The number of aryl methyl sites for hydroxylation is 1. The van der Waals surface area contributed by atoms with E-state index in [2.05, 4.69) is 5.32 Å². The summed E-state index contributed by atoms with van der Waals surface area (Å²) in [6.07, 6.45) is 1.24. The molecule has 3 heteroatoms. The monoisotopic (exact) mass is 311 g/mol. The Morgan fingerprint density at radius 3 is 2.22 bits per heavy atom. The Labute approximate surface area is 138 Å². The summed E-state index contributed by atoms with van der Waals surface area (Å²) >= 11 is 0. The Morgan fingerprint density at radius 2 is 1.61 bits per heavy atom. The van der Waals surface area contributed by atoms with Crippen LogP contribution in [0.25, 0.3) is 0 Å². The molecule has 0 saturated heterocycles. The topological polar surface area (TPSA) is 38.3 Å². The van der Waals surface area contributed by atoms with Crippen LogP contribution in [0.5, 0.6) is 5.75 Å². The molecule has 0 atom stereocenters. The summed E-state index contributed by atoms with van der Waals surface area (Å²) in [4.78, 5) is 11.8. The van der Waals surface area contributed by atoms with Crippen molar-refractivity contribution in [1.82, 2.24) is 5.32 Å². The quantitative estimate of drug-likeness (QED) is 0.871. The summed E-state index contributed by atoms with van der Waals surface area (Å²) in [5.41, 5.74) is 2.11. The van der Waals surface area contributed by atoms with E-state index in [9.17, 15) is 4.79 Å². The molecule has 3 nitrogen and oxygen atoms in total. The summed E-state index contributed by atoms with van der Waals surface area (Å²) < 4.78 is 5.76. The first kappa shape index (κ1) is 17.1. The Balaban J connectivity index is 1.79. The van der Waals surface area contributed by atoms with Crippen LogP contribution in [0.2, 0.25) is 0 Å². The highest BCUT2D eigenvalue weighted by Gasteiger charge is 2.13. The minimum atomic E-state index is -0.174. The van der Waals surface area contributed by atoms with Crippen LogP contribution in [-0.4, -0.2) is 11.4 Å². The molecule has 0 aromatic heterocycles. The third-order valence-corrected chi connectivity index (χ3v) is 3.33. The van der Waals surface area contributed by atoms with E-state index in [1.807, 2.05) is 75.4 Å². The maximum atomic E-state index is 11.8. The Morgan fingerprint density at radius 1 is 0.957 bits per heavy atom. The molecular formula is C20H25NO2. The third kappa shape index (κ3) is 6.55. The normalized spacial score (nSPS) is 11.1. The molecule has 0 saturated carbocycles. The second kappa shape index (κ2) is 7.82. The van der Waals surface area contributed by atoms with Gasteiger partial charge in [-0.3, -0.25) is 4.79 Å². The van der Waals surface area contributed by atoms with Crippen LogP contribution in [-0.2, 0) is 17.8 Å². The van der Waals surface area contributed by atoms with Crippen molar-refractivity contribution in [3.05, 3.63) is 65.7 Å². The second-order valence-electron chi connectivity index (χ2n) is 6.72. The second-order valence-corrected chi connectivity index (χ2v) is 6.72. The zero-order valence-corrected chi connectivity index (χ0v) is 14.1. The first-order valence-electron chi connectivity index (χ1n) is 7.99. The molecule has 0 fully saturated rings. The largest absolute Gasteiger partial charge is 0.489 e. The zero-order valence-electron chi connectivity index (χ0n) is 14.1. The maximum absolute atomic E-state index is 11.8. The molecule has 2 rings (SSSR count). The molecule has 2 aromatic rings. The van der Waals surface area contributed by atoms with Gasteiger partial charge in [0.1, 0.15) is 12.4 Å². The molecule has 23 heavy (non-hydrogen) atoms. The van der Waals surface area contributed by atoms with Crippen molar-refractivity contribution in [1.29, 1.82) is 0 Å². The molecule has 0 aliphatic carbocycles. The van der Waals surface area contributed by atoms with Gasteiger partial charge in [-0.15, -0.1) is 0 Å². The summed E-state index contributed by atoms with van der Waals surface area (Å²) in [5.74, 6) is 0.929. The predicted molar refractivity (Wildman–Crippen MR) is 93.4 cm³/mol. The fourth-order valence-corrected chi connectivity index (χ4v) is 2.23. The van der Waals surface area contributed by atoms with Gasteiger partial charge in [0.2, 0.25) is 5.91 Å². The molecule has 0 heterocycles. The van der Waals surface area contributed by atoms with E-state index in [-0.39, 0.29) is 11.4 Å². The van der Waals surface area contributed by atoms with Gasteiger partial charge in [-0.05, 0) is 50.5 Å². The lowest BCUT2D eigenvalue weighted by Gasteiger charge is -2.20. The highest BCUT2D eigenvalue weighted by molar-refractivity contribution is 5.76. The van der Waals surface area contributed by atoms with E-state index in [0.717, 1.165) is 23.3 Å². The fourth-order valence-electron chi connectivity index (χ4n) is 2.23. The standard InChI is InChI=1S/C20H25NO2/c1-20(2,3)21-19(22)14-11-16-9-12-18(13-10-16)23-15-17-7-5-4-6-8-17/h4-10,12-13H,11,14-15H2,1-3H3,(H,21,22). The number of carbonyl (C=O) groups excluding carboxylic acids is 1. The number of hydrogen-bond donors (Lipinski definition) is 1. The van der Waals surface area contributed by atoms with Gasteiger partial charge in [0.05, 0.1) is 0 Å². The van der Waals surface area contributed by atoms with Crippen LogP contribution in [0.1, 0.15) is 38.3 Å². The molecule has 122 valence electrons. The molecule has 0 bridgehead atoms. The van der Waals surface area contributed by atoms with Gasteiger partial charge in [0.25, 0.3) is 0 Å². The molecule has 2 aromatic carbocycles. The van der Waals surface area contributed by atoms with Crippen molar-refractivity contribution in [3.8, 4) is 5.75 Å². The third-order valence-electron chi connectivity index (χ3n) is 3.33. The zero-order chi connectivity index (χ0) is 16.7. The summed E-state index contributed by atoms with van der Waals surface area (Å²) in [7, 11) is 0. The summed E-state index contributed by atoms with van der Waals surface area (Å²) in [6.45, 7) is 6.53. The summed E-state index contributed by atoms with van der Waals surface area (Å²) in [6, 6.07) is 18.0. The maximum Gasteiger partial charge on any atom is 0.220 e. The number of amides is 1. The molecular weight excluding hydrogens is 286 g/mol. The van der Waals surface area contributed by atoms with Crippen molar-refractivity contribution in [2.24, 2.45) is 0 Å². The number of benzene rings is 2. The van der Waals surface area contributed by atoms with Crippen LogP contribution in [0.3, 0.4) is 0 Å². The Bertz CT molecular complexity index is 612. The minimum absolute atomic E-state index is 0.0851. The molecule has 0 unspecified atom stereocenters. The lowest BCUT2D eigenvalue weighted by molar-refractivity contribution is -0.122. The smallest absolute Gasteiger partial charge is 0.220 e. The Hall–Kier alpha value is -2.29. The van der Waals surface area contributed by atoms with Gasteiger partial charge in [0.15, 0.2) is 0 Å². The predicted octanol–water partition coefficient (Wildman–Crippen LogP) is 4.11. The van der Waals surface area contributed by atoms with Gasteiger partial charge < -0.3 is 10.1 Å². The van der Waals surface area contributed by atoms with Crippen LogP contribution >= 0.6 is 0 Å². The van der Waals surface area contributed by atoms with Crippen molar-refractivity contribution < 1.29 is 9.53 Å². The average Bonchev–Trinajstić information content (AvgIpc) is 2.51. The average molecular weight is 311 g/mol. The number of nitrogens with one attached hydrogen (secondary N) is 1. The van der Waals surface area contributed by atoms with Gasteiger partial charge in [-0.25, -0.2) is 0 Å². The van der Waals surface area contributed by atoms with E-state index in [4.69, 9.17) is 4.74 Å². The highest BCUT2D eigenvalue weighted by atomic mass is 16.5. The first-order chi connectivity index (χ1) is 10.9. The molecule has 0 spiro atoms. The number of rotatable bonds is 6. The van der Waals surface area contributed by atoms with Crippen molar-refractivity contribution in [3.63, 3.8) is 0 Å². The molecule has 1 amide bonds. The van der Waals surface area contributed by atoms with Gasteiger partial charge in [-0.1, -0.05) is 42.5 Å². The molecule has 0 aliphatic rings. The Kier molecular flexibility index (Phi) is 5.80. The fraction of sp³-hybridized carbons (Fsp3) is 0.350. The van der Waals surface area contributed by atoms with E-state index in [0.29, 0.717) is 13.0 Å². The molecule has 0 aliphatic heterocycles. The number of hydrogen-bond acceptors (Lipinski definition) is 2. The van der Waals surface area contributed by atoms with Crippen molar-refractivity contribution >= 4 is 5.91 Å². The van der Waals surface area contributed by atoms with Gasteiger partial charge in [-0.2, -0.15) is 0 Å². The van der Waals surface area contributed by atoms with Crippen LogP contribution in [0, 0.1) is 0 Å². The van der Waals surface area contributed by atoms with E-state index in [1.165, 1.54) is 0 Å². The number of carbonyl (C=O) groups is 1. The van der Waals surface area contributed by atoms with Crippen molar-refractivity contribution in [2.45, 2.75) is 45.8 Å². The molecule has 0 radical (unpaired) electrons. The summed E-state index contributed by atoms with van der Waals surface area (Å²) in [5, 5.41) is 2.98. The lowest BCUT2D eigenvalue weighted by atomic mass is 10.1. The van der Waals surface area contributed by atoms with Crippen LogP contribution < -0.4 is 10.1 Å². The van der Waals surface area contributed by atoms with E-state index in [1.54, 1.807) is 0 Å². The molecule has 1 N–H and O–H groups in total. The van der Waals surface area contributed by atoms with Gasteiger partial charge in [0, 0.05) is 12.0 Å². The van der Waals surface area contributed by atoms with E-state index >= 15 is 0 Å². The van der Waals surface area contributed by atoms with Crippen molar-refractivity contribution in [2.75, 3.05) is 0 Å². The number of ether oxygens (including phenoxy) is 1. The first-order valence-corrected chi connectivity index (χ1v) is 7.99. The van der Waals surface area contributed by atoms with Crippen LogP contribution in [0.15, 0.2) is 54.6 Å².